The predicted molar refractivity (Wildman–Crippen MR) is 113 cm³/mol. The first-order valence-corrected chi connectivity index (χ1v) is 10.4. The lowest BCUT2D eigenvalue weighted by Gasteiger charge is -2.44. The van der Waals surface area contributed by atoms with E-state index in [9.17, 15) is 4.79 Å². The van der Waals surface area contributed by atoms with E-state index >= 15 is 0 Å². The molecule has 30 heavy (non-hydrogen) atoms. The maximum atomic E-state index is 13.0. The van der Waals surface area contributed by atoms with E-state index in [1.54, 1.807) is 18.5 Å². The Morgan fingerprint density at radius 2 is 1.90 bits per heavy atom. The summed E-state index contributed by atoms with van der Waals surface area (Å²) in [5, 5.41) is 0. The van der Waals surface area contributed by atoms with Crippen LogP contribution in [0.2, 0.25) is 0 Å². The Kier molecular flexibility index (Phi) is 4.79. The summed E-state index contributed by atoms with van der Waals surface area (Å²) in [5.41, 5.74) is 4.34. The van der Waals surface area contributed by atoms with E-state index in [0.717, 1.165) is 53.0 Å². The third-order valence-corrected chi connectivity index (χ3v) is 6.19. The smallest absolute Gasteiger partial charge is 0.254 e. The number of aromatic nitrogens is 3. The van der Waals surface area contributed by atoms with Crippen molar-refractivity contribution in [2.75, 3.05) is 19.7 Å². The SMILES string of the molecule is Cc1cnccc1C(=O)N1CCC2(CC1)OCCc1cnc(-c3ccccc3)nc12. The molecule has 1 saturated heterocycles. The van der Waals surface area contributed by atoms with Crippen LogP contribution in [0.4, 0.5) is 0 Å². The largest absolute Gasteiger partial charge is 0.368 e. The number of benzene rings is 1. The Bertz CT molecular complexity index is 1080. The highest BCUT2D eigenvalue weighted by molar-refractivity contribution is 5.95. The van der Waals surface area contributed by atoms with E-state index in [2.05, 4.69) is 9.97 Å². The summed E-state index contributed by atoms with van der Waals surface area (Å²) in [6.07, 6.45) is 7.66. The molecule has 2 aliphatic heterocycles. The van der Waals surface area contributed by atoms with Crippen molar-refractivity contribution in [2.24, 2.45) is 0 Å². The molecule has 1 aromatic carbocycles. The molecule has 152 valence electrons. The number of fused-ring (bicyclic) bond motifs is 2. The topological polar surface area (TPSA) is 68.2 Å². The zero-order valence-corrected chi connectivity index (χ0v) is 17.0. The molecular formula is C24H24N4O2. The maximum absolute atomic E-state index is 13.0. The average molecular weight is 400 g/mol. The van der Waals surface area contributed by atoms with Gasteiger partial charge in [0.25, 0.3) is 5.91 Å². The standard InChI is InChI=1S/C24H24N4O2/c1-17-15-25-11-7-20(17)23(29)28-12-9-24(10-13-28)21-19(8-14-30-24)16-26-22(27-21)18-5-3-2-4-6-18/h2-7,11,15-16H,8-10,12-14H2,1H3. The van der Waals surface area contributed by atoms with Crippen LogP contribution in [0.3, 0.4) is 0 Å². The molecule has 1 fully saturated rings. The minimum absolute atomic E-state index is 0.0634. The molecule has 2 aromatic heterocycles. The molecule has 0 saturated carbocycles. The van der Waals surface area contributed by atoms with Gasteiger partial charge in [-0.2, -0.15) is 0 Å². The second-order valence-electron chi connectivity index (χ2n) is 8.01. The Morgan fingerprint density at radius 3 is 2.67 bits per heavy atom. The van der Waals surface area contributed by atoms with Gasteiger partial charge < -0.3 is 9.64 Å². The van der Waals surface area contributed by atoms with Crippen LogP contribution in [-0.2, 0) is 16.8 Å². The number of carbonyl (C=O) groups excluding carboxylic acids is 1. The fourth-order valence-electron chi connectivity index (χ4n) is 4.47. The number of piperidine rings is 1. The van der Waals surface area contributed by atoms with Gasteiger partial charge in [-0.1, -0.05) is 30.3 Å². The highest BCUT2D eigenvalue weighted by atomic mass is 16.5. The van der Waals surface area contributed by atoms with Crippen LogP contribution in [0.5, 0.6) is 0 Å². The van der Waals surface area contributed by atoms with Crippen LogP contribution in [-0.4, -0.2) is 45.5 Å². The zero-order valence-electron chi connectivity index (χ0n) is 17.0. The number of carbonyl (C=O) groups is 1. The van der Waals surface area contributed by atoms with Gasteiger partial charge in [-0.15, -0.1) is 0 Å². The van der Waals surface area contributed by atoms with Gasteiger partial charge in [0.05, 0.1) is 12.3 Å². The number of pyridine rings is 1. The van der Waals surface area contributed by atoms with Crippen molar-refractivity contribution < 1.29 is 9.53 Å². The summed E-state index contributed by atoms with van der Waals surface area (Å²) in [7, 11) is 0. The molecule has 6 heteroatoms. The number of amides is 1. The van der Waals surface area contributed by atoms with Crippen LogP contribution >= 0.6 is 0 Å². The molecule has 3 aromatic rings. The molecule has 1 amide bonds. The minimum Gasteiger partial charge on any atom is -0.368 e. The summed E-state index contributed by atoms with van der Waals surface area (Å²) in [6, 6.07) is 11.8. The van der Waals surface area contributed by atoms with Crippen molar-refractivity contribution in [3.05, 3.63) is 77.4 Å². The predicted octanol–water partition coefficient (Wildman–Crippen LogP) is 3.55. The average Bonchev–Trinajstić information content (AvgIpc) is 2.80. The first kappa shape index (κ1) is 18.9. The fourth-order valence-corrected chi connectivity index (χ4v) is 4.47. The Labute approximate surface area is 176 Å². The van der Waals surface area contributed by atoms with Gasteiger partial charge in [-0.05, 0) is 43.4 Å². The highest BCUT2D eigenvalue weighted by Crippen LogP contribution is 2.41. The van der Waals surface area contributed by atoms with Crippen LogP contribution in [0.25, 0.3) is 11.4 Å². The van der Waals surface area contributed by atoms with Crippen molar-refractivity contribution in [1.82, 2.24) is 19.9 Å². The molecule has 6 nitrogen and oxygen atoms in total. The van der Waals surface area contributed by atoms with Crippen LogP contribution in [0.15, 0.2) is 55.0 Å². The zero-order chi connectivity index (χ0) is 20.6. The number of hydrogen-bond acceptors (Lipinski definition) is 5. The van der Waals surface area contributed by atoms with E-state index in [4.69, 9.17) is 9.72 Å². The summed E-state index contributed by atoms with van der Waals surface area (Å²) >= 11 is 0. The number of aryl methyl sites for hydroxylation is 1. The number of hydrogen-bond donors (Lipinski definition) is 0. The number of ether oxygens (including phenoxy) is 1. The lowest BCUT2D eigenvalue weighted by molar-refractivity contribution is -0.0967. The van der Waals surface area contributed by atoms with Crippen molar-refractivity contribution in [3.8, 4) is 11.4 Å². The Morgan fingerprint density at radius 1 is 1.10 bits per heavy atom. The summed E-state index contributed by atoms with van der Waals surface area (Å²) in [5.74, 6) is 0.790. The summed E-state index contributed by atoms with van der Waals surface area (Å²) in [4.78, 5) is 28.6. The number of likely N-dealkylation sites (tertiary alicyclic amines) is 1. The molecule has 0 aliphatic carbocycles. The summed E-state index contributed by atoms with van der Waals surface area (Å²) in [6.45, 7) is 3.88. The Balaban J connectivity index is 1.41. The lowest BCUT2D eigenvalue weighted by atomic mass is 9.83. The van der Waals surface area contributed by atoms with E-state index in [1.165, 1.54) is 0 Å². The van der Waals surface area contributed by atoms with E-state index in [-0.39, 0.29) is 5.91 Å². The van der Waals surface area contributed by atoms with Gasteiger partial charge in [0.1, 0.15) is 5.60 Å². The second kappa shape index (κ2) is 7.61. The van der Waals surface area contributed by atoms with Gasteiger partial charge in [0, 0.05) is 42.8 Å². The van der Waals surface area contributed by atoms with Crippen molar-refractivity contribution in [2.45, 2.75) is 31.8 Å². The molecule has 5 rings (SSSR count). The highest BCUT2D eigenvalue weighted by Gasteiger charge is 2.43. The molecule has 0 radical (unpaired) electrons. The third-order valence-electron chi connectivity index (χ3n) is 6.19. The number of rotatable bonds is 2. The lowest BCUT2D eigenvalue weighted by Crippen LogP contribution is -2.49. The molecule has 1 spiro atoms. The van der Waals surface area contributed by atoms with Crippen molar-refractivity contribution in [1.29, 1.82) is 0 Å². The Hall–Kier alpha value is -3.12. The van der Waals surface area contributed by atoms with E-state index in [1.807, 2.05) is 48.4 Å². The maximum Gasteiger partial charge on any atom is 0.254 e. The van der Waals surface area contributed by atoms with Crippen LogP contribution < -0.4 is 0 Å². The third kappa shape index (κ3) is 3.27. The van der Waals surface area contributed by atoms with Crippen molar-refractivity contribution >= 4 is 5.91 Å². The van der Waals surface area contributed by atoms with Gasteiger partial charge in [0.15, 0.2) is 5.82 Å². The van der Waals surface area contributed by atoms with Gasteiger partial charge in [-0.25, -0.2) is 9.97 Å². The van der Waals surface area contributed by atoms with E-state index < -0.39 is 5.60 Å². The summed E-state index contributed by atoms with van der Waals surface area (Å²) < 4.78 is 6.34. The fraction of sp³-hybridized carbons (Fsp3) is 0.333. The molecule has 0 atom stereocenters. The second-order valence-corrected chi connectivity index (χ2v) is 8.01. The first-order chi connectivity index (χ1) is 14.7. The van der Waals surface area contributed by atoms with Gasteiger partial charge in [-0.3, -0.25) is 9.78 Å². The molecule has 4 heterocycles. The number of nitrogens with zero attached hydrogens (tertiary/aromatic N) is 4. The van der Waals surface area contributed by atoms with Crippen molar-refractivity contribution in [3.63, 3.8) is 0 Å². The van der Waals surface area contributed by atoms with Crippen LogP contribution in [0.1, 0.15) is 40.0 Å². The normalized spacial score (nSPS) is 17.6. The quantitative estimate of drug-likeness (QED) is 0.658. The molecule has 0 bridgehead atoms. The van der Waals surface area contributed by atoms with Gasteiger partial charge >= 0.3 is 0 Å². The minimum atomic E-state index is -0.440. The first-order valence-electron chi connectivity index (χ1n) is 10.4. The van der Waals surface area contributed by atoms with Gasteiger partial charge in [0.2, 0.25) is 0 Å². The molecule has 2 aliphatic rings. The molecule has 0 N–H and O–H groups in total. The molecular weight excluding hydrogens is 376 g/mol. The van der Waals surface area contributed by atoms with E-state index in [0.29, 0.717) is 19.7 Å². The monoisotopic (exact) mass is 400 g/mol. The molecule has 0 unspecified atom stereocenters. The van der Waals surface area contributed by atoms with Crippen LogP contribution in [0, 0.1) is 6.92 Å².